The van der Waals surface area contributed by atoms with E-state index in [0.29, 0.717) is 6.61 Å². The predicted octanol–water partition coefficient (Wildman–Crippen LogP) is 4.54. The monoisotopic (exact) mass is 334 g/mol. The maximum Gasteiger partial charge on any atom is 0.289 e. The van der Waals surface area contributed by atoms with Crippen molar-refractivity contribution in [1.29, 1.82) is 0 Å². The molecule has 0 aromatic rings. The molecule has 0 saturated heterocycles. The SMILES string of the molecule is COS(=O)(=O)C=CCCCCCCCCCCCCCCO. The van der Waals surface area contributed by atoms with Crippen molar-refractivity contribution in [2.45, 2.75) is 83.5 Å². The summed E-state index contributed by atoms with van der Waals surface area (Å²) >= 11 is 0. The Bertz CT molecular complexity index is 350. The summed E-state index contributed by atoms with van der Waals surface area (Å²) in [7, 11) is -2.25. The largest absolute Gasteiger partial charge is 0.396 e. The second kappa shape index (κ2) is 15.5. The first-order valence-corrected chi connectivity index (χ1v) is 10.2. The number of aliphatic hydroxyl groups is 1. The molecule has 0 heterocycles. The minimum atomic E-state index is -3.43. The van der Waals surface area contributed by atoms with Crippen molar-refractivity contribution in [2.24, 2.45) is 0 Å². The molecule has 22 heavy (non-hydrogen) atoms. The number of unbranched alkanes of at least 4 members (excludes halogenated alkanes) is 12. The Kier molecular flexibility index (Phi) is 15.2. The summed E-state index contributed by atoms with van der Waals surface area (Å²) in [5.74, 6) is 0. The van der Waals surface area contributed by atoms with Crippen molar-refractivity contribution in [3.05, 3.63) is 11.5 Å². The third kappa shape index (κ3) is 16.0. The van der Waals surface area contributed by atoms with E-state index in [4.69, 9.17) is 5.11 Å². The summed E-state index contributed by atoms with van der Waals surface area (Å²) in [6.45, 7) is 0.331. The van der Waals surface area contributed by atoms with E-state index in [9.17, 15) is 8.42 Å². The second-order valence-corrected chi connectivity index (χ2v) is 7.38. The maximum absolute atomic E-state index is 11.0. The van der Waals surface area contributed by atoms with E-state index in [1.807, 2.05) is 0 Å². The molecule has 1 N–H and O–H groups in total. The van der Waals surface area contributed by atoms with Crippen LogP contribution in [0.5, 0.6) is 0 Å². The highest BCUT2D eigenvalue weighted by Gasteiger charge is 1.99. The number of hydrogen-bond acceptors (Lipinski definition) is 4. The number of hydrogen-bond donors (Lipinski definition) is 1. The average Bonchev–Trinajstić information content (AvgIpc) is 2.51. The molecule has 0 aliphatic carbocycles. The van der Waals surface area contributed by atoms with Crippen LogP contribution in [0, 0.1) is 0 Å². The molecule has 132 valence electrons. The molecule has 0 aromatic heterocycles. The predicted molar refractivity (Wildman–Crippen MR) is 92.2 cm³/mol. The van der Waals surface area contributed by atoms with Gasteiger partial charge in [0, 0.05) is 6.61 Å². The molecular weight excluding hydrogens is 300 g/mol. The zero-order valence-electron chi connectivity index (χ0n) is 14.1. The number of allylic oxidation sites excluding steroid dienone is 1. The van der Waals surface area contributed by atoms with E-state index in [1.165, 1.54) is 64.9 Å². The van der Waals surface area contributed by atoms with Gasteiger partial charge < -0.3 is 5.11 Å². The van der Waals surface area contributed by atoms with Gasteiger partial charge >= 0.3 is 0 Å². The van der Waals surface area contributed by atoms with E-state index in [-0.39, 0.29) is 0 Å². The highest BCUT2D eigenvalue weighted by molar-refractivity contribution is 7.89. The van der Waals surface area contributed by atoms with E-state index in [1.54, 1.807) is 6.08 Å². The lowest BCUT2D eigenvalue weighted by atomic mass is 10.0. The summed E-state index contributed by atoms with van der Waals surface area (Å²) in [5.41, 5.74) is 0. The fraction of sp³-hybridized carbons (Fsp3) is 0.882. The van der Waals surface area contributed by atoms with E-state index >= 15 is 0 Å². The van der Waals surface area contributed by atoms with Gasteiger partial charge in [0.05, 0.1) is 12.5 Å². The summed E-state index contributed by atoms with van der Waals surface area (Å²) in [5, 5.41) is 9.81. The Hall–Kier alpha value is -0.390. The smallest absolute Gasteiger partial charge is 0.289 e. The first-order chi connectivity index (χ1) is 10.6. The van der Waals surface area contributed by atoms with Crippen LogP contribution in [0.4, 0.5) is 0 Å². The van der Waals surface area contributed by atoms with Crippen LogP contribution in [0.2, 0.25) is 0 Å². The summed E-state index contributed by atoms with van der Waals surface area (Å²) in [6.07, 6.45) is 17.2. The van der Waals surface area contributed by atoms with Crippen molar-refractivity contribution >= 4 is 10.1 Å². The van der Waals surface area contributed by atoms with Crippen LogP contribution >= 0.6 is 0 Å². The second-order valence-electron chi connectivity index (χ2n) is 5.79. The fourth-order valence-corrected chi connectivity index (χ4v) is 2.87. The van der Waals surface area contributed by atoms with Crippen LogP contribution in [-0.4, -0.2) is 27.2 Å². The molecule has 5 heteroatoms. The molecule has 0 aliphatic heterocycles. The minimum Gasteiger partial charge on any atom is -0.396 e. The van der Waals surface area contributed by atoms with Gasteiger partial charge in [0.1, 0.15) is 0 Å². The number of rotatable bonds is 16. The van der Waals surface area contributed by atoms with Gasteiger partial charge in [-0.3, -0.25) is 4.18 Å². The molecule has 0 rings (SSSR count). The van der Waals surface area contributed by atoms with Crippen LogP contribution in [0.25, 0.3) is 0 Å². The maximum atomic E-state index is 11.0. The van der Waals surface area contributed by atoms with Gasteiger partial charge in [-0.05, 0) is 19.3 Å². The van der Waals surface area contributed by atoms with E-state index in [0.717, 1.165) is 31.1 Å². The van der Waals surface area contributed by atoms with Crippen molar-refractivity contribution < 1.29 is 17.7 Å². The molecule has 0 bridgehead atoms. The molecule has 0 unspecified atom stereocenters. The van der Waals surface area contributed by atoms with Crippen molar-refractivity contribution in [3.8, 4) is 0 Å². The quantitative estimate of drug-likeness (QED) is 0.332. The highest BCUT2D eigenvalue weighted by atomic mass is 32.2. The van der Waals surface area contributed by atoms with E-state index < -0.39 is 10.1 Å². The average molecular weight is 335 g/mol. The lowest BCUT2D eigenvalue weighted by Gasteiger charge is -2.02. The third-order valence-corrected chi connectivity index (χ3v) is 4.76. The van der Waals surface area contributed by atoms with E-state index in [2.05, 4.69) is 4.18 Å². The van der Waals surface area contributed by atoms with Crippen LogP contribution in [0.1, 0.15) is 83.5 Å². The molecule has 0 spiro atoms. The number of aliphatic hydroxyl groups excluding tert-OH is 1. The Morgan fingerprint density at radius 1 is 0.773 bits per heavy atom. The van der Waals surface area contributed by atoms with Crippen molar-refractivity contribution in [2.75, 3.05) is 13.7 Å². The zero-order chi connectivity index (χ0) is 16.5. The fourth-order valence-electron chi connectivity index (χ4n) is 2.38. The Morgan fingerprint density at radius 2 is 1.18 bits per heavy atom. The first-order valence-electron chi connectivity index (χ1n) is 8.70. The molecule has 0 atom stereocenters. The van der Waals surface area contributed by atoms with Gasteiger partial charge in [-0.1, -0.05) is 70.3 Å². The van der Waals surface area contributed by atoms with Crippen LogP contribution in [-0.2, 0) is 14.3 Å². The Labute approximate surface area is 137 Å². The molecule has 0 aromatic carbocycles. The van der Waals surface area contributed by atoms with Crippen LogP contribution in [0.3, 0.4) is 0 Å². The summed E-state index contributed by atoms with van der Waals surface area (Å²) < 4.78 is 26.4. The third-order valence-electron chi connectivity index (χ3n) is 3.77. The molecule has 0 aliphatic rings. The van der Waals surface area contributed by atoms with Gasteiger partial charge in [0.15, 0.2) is 0 Å². The molecule has 0 saturated carbocycles. The molecule has 0 fully saturated rings. The first kappa shape index (κ1) is 21.6. The zero-order valence-corrected chi connectivity index (χ0v) is 15.0. The van der Waals surface area contributed by atoms with Gasteiger partial charge in [0.2, 0.25) is 0 Å². The van der Waals surface area contributed by atoms with Crippen LogP contribution < -0.4 is 0 Å². The van der Waals surface area contributed by atoms with Crippen molar-refractivity contribution in [1.82, 2.24) is 0 Å². The molecular formula is C17H34O4S. The van der Waals surface area contributed by atoms with Gasteiger partial charge in [-0.25, -0.2) is 0 Å². The standard InChI is InChI=1S/C17H34O4S/c1-21-22(19,20)17-15-13-11-9-7-5-3-2-4-6-8-10-12-14-16-18/h15,17-18H,2-14,16H2,1H3. The Morgan fingerprint density at radius 3 is 1.59 bits per heavy atom. The normalized spacial score (nSPS) is 12.3. The molecule has 0 amide bonds. The van der Waals surface area contributed by atoms with Gasteiger partial charge in [-0.2, -0.15) is 8.42 Å². The van der Waals surface area contributed by atoms with Gasteiger partial charge in [-0.15, -0.1) is 0 Å². The molecule has 4 nitrogen and oxygen atoms in total. The topological polar surface area (TPSA) is 63.6 Å². The molecule has 0 radical (unpaired) electrons. The minimum absolute atomic E-state index is 0.331. The lowest BCUT2D eigenvalue weighted by Crippen LogP contribution is -1.95. The summed E-state index contributed by atoms with van der Waals surface area (Å²) in [4.78, 5) is 0. The lowest BCUT2D eigenvalue weighted by molar-refractivity contribution is 0.282. The Balaban J connectivity index is 3.18. The summed E-state index contributed by atoms with van der Waals surface area (Å²) in [6, 6.07) is 0. The van der Waals surface area contributed by atoms with Gasteiger partial charge in [0.25, 0.3) is 10.1 Å². The van der Waals surface area contributed by atoms with Crippen LogP contribution in [0.15, 0.2) is 11.5 Å². The van der Waals surface area contributed by atoms with Crippen molar-refractivity contribution in [3.63, 3.8) is 0 Å². The highest BCUT2D eigenvalue weighted by Crippen LogP contribution is 2.12.